The Labute approximate surface area is 125 Å². The van der Waals surface area contributed by atoms with Crippen molar-refractivity contribution in [2.45, 2.75) is 19.4 Å². The predicted octanol–water partition coefficient (Wildman–Crippen LogP) is 2.09. The highest BCUT2D eigenvalue weighted by atomic mass is 32.1. The van der Waals surface area contributed by atoms with Gasteiger partial charge in [0.15, 0.2) is 5.76 Å². The normalized spacial score (nSPS) is 11.9. The number of hydrogen-bond donors (Lipinski definition) is 3. The Bertz CT molecular complexity index is 606. The van der Waals surface area contributed by atoms with Crippen molar-refractivity contribution >= 4 is 28.2 Å². The molecule has 112 valence electrons. The van der Waals surface area contributed by atoms with Gasteiger partial charge in [-0.2, -0.15) is 0 Å². The molecule has 0 radical (unpaired) electrons. The van der Waals surface area contributed by atoms with E-state index in [9.17, 15) is 9.59 Å². The summed E-state index contributed by atoms with van der Waals surface area (Å²) >= 11 is 1.18. The lowest BCUT2D eigenvalue weighted by atomic mass is 10.2. The number of aliphatic hydroxyl groups excluding tert-OH is 1. The summed E-state index contributed by atoms with van der Waals surface area (Å²) in [6, 6.07) is 6.39. The Kier molecular flexibility index (Phi) is 5.13. The number of furan rings is 1. The molecule has 0 aliphatic heterocycles. The molecular weight excluding hydrogens is 292 g/mol. The molecule has 0 fully saturated rings. The lowest BCUT2D eigenvalue weighted by Gasteiger charge is -2.10. The van der Waals surface area contributed by atoms with Crippen molar-refractivity contribution < 1.29 is 19.1 Å². The van der Waals surface area contributed by atoms with Crippen molar-refractivity contribution in [1.82, 2.24) is 5.32 Å². The molecule has 0 aromatic carbocycles. The summed E-state index contributed by atoms with van der Waals surface area (Å²) in [6.07, 6.45) is 1.92. The minimum atomic E-state index is -0.359. The van der Waals surface area contributed by atoms with Crippen LogP contribution in [0.15, 0.2) is 34.9 Å². The van der Waals surface area contributed by atoms with Gasteiger partial charge < -0.3 is 20.2 Å². The van der Waals surface area contributed by atoms with E-state index < -0.39 is 0 Å². The summed E-state index contributed by atoms with van der Waals surface area (Å²) in [5, 5.41) is 14.8. The molecule has 2 heterocycles. The molecular formula is C14H16N2O4S. The quantitative estimate of drug-likeness (QED) is 0.762. The van der Waals surface area contributed by atoms with Gasteiger partial charge in [0.25, 0.3) is 11.8 Å². The molecule has 2 rings (SSSR count). The number of rotatable bonds is 6. The first kappa shape index (κ1) is 15.3. The van der Waals surface area contributed by atoms with Crippen LogP contribution in [0.25, 0.3) is 0 Å². The third-order valence-corrected chi connectivity index (χ3v) is 3.75. The minimum absolute atomic E-state index is 0.0241. The summed E-state index contributed by atoms with van der Waals surface area (Å²) in [5.74, 6) is -0.368. The number of aliphatic hydroxyl groups is 1. The van der Waals surface area contributed by atoms with E-state index in [1.807, 2.05) is 6.92 Å². The largest absolute Gasteiger partial charge is 0.459 e. The van der Waals surface area contributed by atoms with Crippen LogP contribution in [0.4, 0.5) is 5.00 Å². The molecule has 7 heteroatoms. The lowest BCUT2D eigenvalue weighted by molar-refractivity contribution is 0.0937. The minimum Gasteiger partial charge on any atom is -0.459 e. The first-order valence-corrected chi connectivity index (χ1v) is 7.28. The topological polar surface area (TPSA) is 91.6 Å². The van der Waals surface area contributed by atoms with E-state index in [1.165, 1.54) is 17.6 Å². The summed E-state index contributed by atoms with van der Waals surface area (Å²) in [7, 11) is 0. The van der Waals surface area contributed by atoms with Crippen LogP contribution in [0.3, 0.4) is 0 Å². The molecule has 0 bridgehead atoms. The molecule has 0 saturated carbocycles. The maximum atomic E-state index is 11.9. The molecule has 2 aromatic rings. The zero-order valence-corrected chi connectivity index (χ0v) is 12.3. The fraction of sp³-hybridized carbons (Fsp3) is 0.286. The molecule has 1 atom stereocenters. The van der Waals surface area contributed by atoms with Crippen LogP contribution in [0.1, 0.15) is 33.6 Å². The third-order valence-electron chi connectivity index (χ3n) is 2.75. The van der Waals surface area contributed by atoms with E-state index in [-0.39, 0.29) is 30.2 Å². The highest BCUT2D eigenvalue weighted by Gasteiger charge is 2.14. The Hall–Kier alpha value is -2.12. The van der Waals surface area contributed by atoms with Crippen molar-refractivity contribution in [2.24, 2.45) is 0 Å². The van der Waals surface area contributed by atoms with E-state index in [1.54, 1.807) is 24.3 Å². The molecule has 0 aliphatic rings. The molecule has 3 N–H and O–H groups in total. The molecule has 0 spiro atoms. The van der Waals surface area contributed by atoms with E-state index in [0.717, 1.165) is 0 Å². The van der Waals surface area contributed by atoms with Crippen molar-refractivity contribution in [2.75, 3.05) is 11.9 Å². The van der Waals surface area contributed by atoms with Gasteiger partial charge in [0.1, 0.15) is 0 Å². The van der Waals surface area contributed by atoms with Gasteiger partial charge in [-0.25, -0.2) is 0 Å². The van der Waals surface area contributed by atoms with E-state index in [4.69, 9.17) is 9.52 Å². The average Bonchev–Trinajstić information content (AvgIpc) is 3.09. The molecule has 0 aliphatic carbocycles. The zero-order chi connectivity index (χ0) is 15.2. The molecule has 2 amide bonds. The maximum absolute atomic E-state index is 11.9. The number of carbonyl (C=O) groups is 2. The van der Waals surface area contributed by atoms with Crippen LogP contribution in [0, 0.1) is 0 Å². The maximum Gasteiger partial charge on any atom is 0.291 e. The summed E-state index contributed by atoms with van der Waals surface area (Å²) in [4.78, 5) is 24.2. The highest BCUT2D eigenvalue weighted by Crippen LogP contribution is 2.22. The van der Waals surface area contributed by atoms with Crippen LogP contribution >= 0.6 is 11.3 Å². The number of anilines is 1. The van der Waals surface area contributed by atoms with Crippen molar-refractivity contribution in [3.05, 3.63) is 41.2 Å². The average molecular weight is 308 g/mol. The molecule has 1 unspecified atom stereocenters. The van der Waals surface area contributed by atoms with Crippen molar-refractivity contribution in [3.63, 3.8) is 0 Å². The van der Waals surface area contributed by atoms with Gasteiger partial charge in [-0.05, 0) is 37.6 Å². The molecule has 0 saturated heterocycles. The van der Waals surface area contributed by atoms with Crippen LogP contribution in [-0.2, 0) is 0 Å². The summed E-state index contributed by atoms with van der Waals surface area (Å²) in [6.45, 7) is 1.84. The predicted molar refractivity (Wildman–Crippen MR) is 79.6 cm³/mol. The van der Waals surface area contributed by atoms with E-state index >= 15 is 0 Å². The van der Waals surface area contributed by atoms with E-state index in [2.05, 4.69) is 10.6 Å². The highest BCUT2D eigenvalue weighted by molar-refractivity contribution is 7.18. The second-order valence-electron chi connectivity index (χ2n) is 4.48. The SMILES string of the molecule is CC(CCO)NC(=O)c1ccc(NC(=O)c2ccco2)s1. The fourth-order valence-electron chi connectivity index (χ4n) is 1.67. The Morgan fingerprint density at radius 3 is 2.81 bits per heavy atom. The first-order chi connectivity index (χ1) is 10.1. The van der Waals surface area contributed by atoms with Gasteiger partial charge >= 0.3 is 0 Å². The lowest BCUT2D eigenvalue weighted by Crippen LogP contribution is -2.32. The smallest absolute Gasteiger partial charge is 0.291 e. The number of carbonyl (C=O) groups excluding carboxylic acids is 2. The van der Waals surface area contributed by atoms with Crippen LogP contribution in [-0.4, -0.2) is 29.6 Å². The van der Waals surface area contributed by atoms with Gasteiger partial charge in [0, 0.05) is 12.6 Å². The molecule has 2 aromatic heterocycles. The first-order valence-electron chi connectivity index (χ1n) is 6.46. The van der Waals surface area contributed by atoms with E-state index in [0.29, 0.717) is 16.3 Å². The third kappa shape index (κ3) is 4.17. The second-order valence-corrected chi connectivity index (χ2v) is 5.57. The fourth-order valence-corrected chi connectivity index (χ4v) is 2.47. The monoisotopic (exact) mass is 308 g/mol. The van der Waals surface area contributed by atoms with Crippen LogP contribution < -0.4 is 10.6 Å². The molecule has 6 nitrogen and oxygen atoms in total. The Morgan fingerprint density at radius 2 is 2.14 bits per heavy atom. The van der Waals surface area contributed by atoms with Gasteiger partial charge in [0.05, 0.1) is 16.1 Å². The number of amides is 2. The number of nitrogens with one attached hydrogen (secondary N) is 2. The number of thiophene rings is 1. The van der Waals surface area contributed by atoms with Crippen LogP contribution in [0.2, 0.25) is 0 Å². The van der Waals surface area contributed by atoms with Gasteiger partial charge in [-0.3, -0.25) is 9.59 Å². The summed E-state index contributed by atoms with van der Waals surface area (Å²) < 4.78 is 4.99. The number of hydrogen-bond acceptors (Lipinski definition) is 5. The zero-order valence-electron chi connectivity index (χ0n) is 11.5. The van der Waals surface area contributed by atoms with Crippen molar-refractivity contribution in [3.8, 4) is 0 Å². The Morgan fingerprint density at radius 1 is 1.33 bits per heavy atom. The second kappa shape index (κ2) is 7.05. The van der Waals surface area contributed by atoms with Gasteiger partial charge in [-0.15, -0.1) is 11.3 Å². The van der Waals surface area contributed by atoms with Gasteiger partial charge in [0.2, 0.25) is 0 Å². The summed E-state index contributed by atoms with van der Waals surface area (Å²) in [5.41, 5.74) is 0. The standard InChI is InChI=1S/C14H16N2O4S/c1-9(6-7-17)15-14(19)11-4-5-12(21-11)16-13(18)10-3-2-8-20-10/h2-5,8-9,17H,6-7H2,1H3,(H,15,19)(H,16,18). The van der Waals surface area contributed by atoms with Gasteiger partial charge in [-0.1, -0.05) is 0 Å². The Balaban J connectivity index is 1.95. The molecule has 21 heavy (non-hydrogen) atoms. The van der Waals surface area contributed by atoms with Crippen LogP contribution in [0.5, 0.6) is 0 Å². The van der Waals surface area contributed by atoms with Crippen molar-refractivity contribution in [1.29, 1.82) is 0 Å².